The van der Waals surface area contributed by atoms with Gasteiger partial charge in [-0.25, -0.2) is 9.67 Å². The van der Waals surface area contributed by atoms with E-state index in [1.807, 2.05) is 36.4 Å². The first kappa shape index (κ1) is 18.4. The Labute approximate surface area is 174 Å². The number of hydrogen-bond acceptors (Lipinski definition) is 5. The largest absolute Gasteiger partial charge is 0.497 e. The molecule has 0 amide bonds. The van der Waals surface area contributed by atoms with Crippen LogP contribution in [0, 0.1) is 6.92 Å². The van der Waals surface area contributed by atoms with Gasteiger partial charge >= 0.3 is 0 Å². The highest BCUT2D eigenvalue weighted by atomic mass is 16.5. The molecule has 0 bridgehead atoms. The SMILES string of the molecule is COc1ccc(-n2ncc3c(N)c4c(nc32)CC(c2ccccc2C)CC4=O)cc1. The summed E-state index contributed by atoms with van der Waals surface area (Å²) in [5.74, 6) is 0.924. The van der Waals surface area contributed by atoms with Crippen LogP contribution in [0.1, 0.15) is 39.5 Å². The number of fused-ring (bicyclic) bond motifs is 2. The Hall–Kier alpha value is -3.67. The molecule has 1 aliphatic carbocycles. The Morgan fingerprint density at radius 3 is 2.60 bits per heavy atom. The fourth-order valence-corrected chi connectivity index (χ4v) is 4.38. The second-order valence-corrected chi connectivity index (χ2v) is 7.72. The minimum Gasteiger partial charge on any atom is -0.497 e. The molecule has 4 aromatic rings. The van der Waals surface area contributed by atoms with Crippen molar-refractivity contribution in [3.63, 3.8) is 0 Å². The third kappa shape index (κ3) is 2.84. The smallest absolute Gasteiger partial charge is 0.167 e. The maximum absolute atomic E-state index is 13.0. The monoisotopic (exact) mass is 398 g/mol. The van der Waals surface area contributed by atoms with E-state index in [9.17, 15) is 4.79 Å². The molecule has 0 radical (unpaired) electrons. The normalized spacial score (nSPS) is 15.9. The number of benzene rings is 2. The number of nitrogen functional groups attached to an aromatic ring is 1. The number of Topliss-reactive ketones (excluding diaryl/α,β-unsaturated/α-hetero) is 1. The predicted octanol–water partition coefficient (Wildman–Crippen LogP) is 4.23. The zero-order valence-corrected chi connectivity index (χ0v) is 16.9. The molecule has 5 rings (SSSR count). The summed E-state index contributed by atoms with van der Waals surface area (Å²) in [6.45, 7) is 2.08. The highest BCUT2D eigenvalue weighted by molar-refractivity contribution is 6.09. The van der Waals surface area contributed by atoms with Gasteiger partial charge in [0, 0.05) is 6.42 Å². The molecular formula is C24H22N4O2. The van der Waals surface area contributed by atoms with Gasteiger partial charge in [0.15, 0.2) is 11.4 Å². The van der Waals surface area contributed by atoms with Crippen molar-refractivity contribution >= 4 is 22.5 Å². The number of pyridine rings is 1. The number of aryl methyl sites for hydroxylation is 1. The quantitative estimate of drug-likeness (QED) is 0.558. The average molecular weight is 398 g/mol. The first-order chi connectivity index (χ1) is 14.6. The van der Waals surface area contributed by atoms with Crippen LogP contribution < -0.4 is 10.5 Å². The van der Waals surface area contributed by atoms with Gasteiger partial charge in [-0.3, -0.25) is 4.79 Å². The maximum atomic E-state index is 13.0. The molecule has 2 aromatic carbocycles. The van der Waals surface area contributed by atoms with E-state index in [0.717, 1.165) is 17.1 Å². The van der Waals surface area contributed by atoms with E-state index < -0.39 is 0 Å². The highest BCUT2D eigenvalue weighted by Gasteiger charge is 2.31. The van der Waals surface area contributed by atoms with E-state index in [4.69, 9.17) is 15.5 Å². The molecule has 0 saturated heterocycles. The Morgan fingerprint density at radius 2 is 1.87 bits per heavy atom. The van der Waals surface area contributed by atoms with Gasteiger partial charge in [-0.1, -0.05) is 24.3 Å². The second kappa shape index (κ2) is 6.99. The Morgan fingerprint density at radius 1 is 1.10 bits per heavy atom. The van der Waals surface area contributed by atoms with Gasteiger partial charge < -0.3 is 10.5 Å². The van der Waals surface area contributed by atoms with Crippen LogP contribution in [0.25, 0.3) is 16.7 Å². The number of carbonyl (C=O) groups excluding carboxylic acids is 1. The Balaban J connectivity index is 1.63. The molecule has 0 spiro atoms. The standard InChI is InChI=1S/C24H22N4O2/c1-14-5-3-4-6-18(14)15-11-20-22(21(29)12-15)23(25)19-13-26-28(24(19)27-20)16-7-9-17(30-2)10-8-16/h3-10,13,15H,11-12H2,1-2H3,(H2,25,27). The lowest BCUT2D eigenvalue weighted by Gasteiger charge is -2.25. The summed E-state index contributed by atoms with van der Waals surface area (Å²) in [6, 6.07) is 15.8. The van der Waals surface area contributed by atoms with E-state index in [1.165, 1.54) is 11.1 Å². The topological polar surface area (TPSA) is 83.0 Å². The molecule has 0 fully saturated rings. The molecule has 2 heterocycles. The first-order valence-corrected chi connectivity index (χ1v) is 9.96. The van der Waals surface area contributed by atoms with Crippen LogP contribution in [0.5, 0.6) is 5.75 Å². The van der Waals surface area contributed by atoms with Gasteiger partial charge in [0.25, 0.3) is 0 Å². The van der Waals surface area contributed by atoms with Crippen molar-refractivity contribution in [2.45, 2.75) is 25.7 Å². The first-order valence-electron chi connectivity index (χ1n) is 9.96. The van der Waals surface area contributed by atoms with Crippen LogP contribution >= 0.6 is 0 Å². The van der Waals surface area contributed by atoms with Crippen molar-refractivity contribution in [1.29, 1.82) is 0 Å². The van der Waals surface area contributed by atoms with Crippen molar-refractivity contribution in [1.82, 2.24) is 14.8 Å². The minimum atomic E-state index is 0.0496. The Bertz CT molecular complexity index is 1270. The number of hydrogen-bond donors (Lipinski definition) is 1. The molecule has 1 atom stereocenters. The zero-order chi connectivity index (χ0) is 20.8. The Kier molecular flexibility index (Phi) is 4.28. The van der Waals surface area contributed by atoms with Crippen molar-refractivity contribution in [2.75, 3.05) is 12.8 Å². The van der Waals surface area contributed by atoms with Crippen LogP contribution in [0.2, 0.25) is 0 Å². The number of nitrogens with zero attached hydrogens (tertiary/aromatic N) is 3. The molecule has 6 heteroatoms. The zero-order valence-electron chi connectivity index (χ0n) is 16.9. The third-order valence-corrected chi connectivity index (χ3v) is 5.93. The van der Waals surface area contributed by atoms with E-state index in [1.54, 1.807) is 18.0 Å². The summed E-state index contributed by atoms with van der Waals surface area (Å²) in [5.41, 5.74) is 12.1. The minimum absolute atomic E-state index is 0.0496. The van der Waals surface area contributed by atoms with Crippen LogP contribution in [-0.2, 0) is 6.42 Å². The van der Waals surface area contributed by atoms with Gasteiger partial charge in [0.05, 0.1) is 41.3 Å². The van der Waals surface area contributed by atoms with E-state index in [0.29, 0.717) is 35.1 Å². The second-order valence-electron chi connectivity index (χ2n) is 7.72. The fraction of sp³-hybridized carbons (Fsp3) is 0.208. The van der Waals surface area contributed by atoms with Crippen LogP contribution in [-0.4, -0.2) is 27.7 Å². The summed E-state index contributed by atoms with van der Waals surface area (Å²) in [4.78, 5) is 17.9. The number of rotatable bonds is 3. The summed E-state index contributed by atoms with van der Waals surface area (Å²) < 4.78 is 7.00. The van der Waals surface area contributed by atoms with Crippen LogP contribution in [0.3, 0.4) is 0 Å². The lowest BCUT2D eigenvalue weighted by Crippen LogP contribution is -2.22. The van der Waals surface area contributed by atoms with Gasteiger partial charge in [0.1, 0.15) is 5.75 Å². The number of aromatic nitrogens is 3. The van der Waals surface area contributed by atoms with E-state index >= 15 is 0 Å². The number of ether oxygens (including phenoxy) is 1. The molecule has 2 N–H and O–H groups in total. The molecule has 0 saturated carbocycles. The summed E-state index contributed by atoms with van der Waals surface area (Å²) in [5, 5.41) is 5.19. The van der Waals surface area contributed by atoms with Crippen molar-refractivity contribution in [2.24, 2.45) is 0 Å². The maximum Gasteiger partial charge on any atom is 0.167 e. The molecule has 0 aliphatic heterocycles. The van der Waals surface area contributed by atoms with Gasteiger partial charge in [-0.05, 0) is 54.7 Å². The summed E-state index contributed by atoms with van der Waals surface area (Å²) in [6.07, 6.45) is 2.81. The number of carbonyl (C=O) groups is 1. The van der Waals surface area contributed by atoms with Crippen LogP contribution in [0.15, 0.2) is 54.7 Å². The van der Waals surface area contributed by atoms with E-state index in [2.05, 4.69) is 24.2 Å². The van der Waals surface area contributed by atoms with Crippen molar-refractivity contribution in [3.05, 3.63) is 77.1 Å². The molecule has 150 valence electrons. The van der Waals surface area contributed by atoms with Crippen molar-refractivity contribution < 1.29 is 9.53 Å². The predicted molar refractivity (Wildman–Crippen MR) is 116 cm³/mol. The third-order valence-electron chi connectivity index (χ3n) is 5.93. The van der Waals surface area contributed by atoms with E-state index in [-0.39, 0.29) is 11.7 Å². The molecule has 1 unspecified atom stereocenters. The number of anilines is 1. The van der Waals surface area contributed by atoms with Gasteiger partial charge in [-0.2, -0.15) is 5.10 Å². The summed E-state index contributed by atoms with van der Waals surface area (Å²) >= 11 is 0. The highest BCUT2D eigenvalue weighted by Crippen LogP contribution is 2.38. The van der Waals surface area contributed by atoms with Gasteiger partial charge in [-0.15, -0.1) is 0 Å². The molecule has 1 aliphatic rings. The summed E-state index contributed by atoms with van der Waals surface area (Å²) in [7, 11) is 1.63. The molecule has 2 aromatic heterocycles. The molecule has 6 nitrogen and oxygen atoms in total. The molecule has 30 heavy (non-hydrogen) atoms. The average Bonchev–Trinajstić information content (AvgIpc) is 3.18. The fourth-order valence-electron chi connectivity index (χ4n) is 4.38. The van der Waals surface area contributed by atoms with Crippen molar-refractivity contribution in [3.8, 4) is 11.4 Å². The molecular weight excluding hydrogens is 376 g/mol. The number of methoxy groups -OCH3 is 1. The lowest BCUT2D eigenvalue weighted by atomic mass is 9.79. The van der Waals surface area contributed by atoms with Crippen LogP contribution in [0.4, 0.5) is 5.69 Å². The number of nitrogens with two attached hydrogens (primary N) is 1. The number of ketones is 1. The lowest BCUT2D eigenvalue weighted by molar-refractivity contribution is 0.0964. The van der Waals surface area contributed by atoms with Gasteiger partial charge in [0.2, 0.25) is 0 Å².